The molecule has 1 N–H and O–H groups in total. The Morgan fingerprint density at radius 1 is 1.29 bits per heavy atom. The van der Waals surface area contributed by atoms with Crippen molar-refractivity contribution in [3.05, 3.63) is 55.6 Å². The Balaban J connectivity index is 1.95. The molecule has 1 atom stereocenters. The van der Waals surface area contributed by atoms with Crippen LogP contribution in [0.15, 0.2) is 40.2 Å². The maximum Gasteiger partial charge on any atom is 0.0628 e. The fourth-order valence-electron chi connectivity index (χ4n) is 1.70. The van der Waals surface area contributed by atoms with E-state index in [-0.39, 0.29) is 6.10 Å². The van der Waals surface area contributed by atoms with E-state index >= 15 is 0 Å². The summed E-state index contributed by atoms with van der Waals surface area (Å²) < 4.78 is 1.08. The van der Waals surface area contributed by atoms with Gasteiger partial charge in [-0.05, 0) is 46.1 Å². The van der Waals surface area contributed by atoms with E-state index < -0.39 is 0 Å². The average molecular weight is 332 g/mol. The monoisotopic (exact) mass is 330 g/mol. The molecule has 1 nitrogen and oxygen atoms in total. The fraction of sp³-hybridized carbons (Fsp3) is 0.231. The first-order valence-electron chi connectivity index (χ1n) is 5.29. The van der Waals surface area contributed by atoms with Crippen molar-refractivity contribution >= 4 is 38.9 Å². The molecule has 0 amide bonds. The standard InChI is InChI=1S/C13H12BrClOS/c14-10-6-13(17-8-10)7-12(16)5-9-2-1-3-11(15)4-9/h1-4,6,8,12,16H,5,7H2. The quantitative estimate of drug-likeness (QED) is 0.885. The Morgan fingerprint density at radius 2 is 2.12 bits per heavy atom. The van der Waals surface area contributed by atoms with E-state index in [4.69, 9.17) is 11.6 Å². The van der Waals surface area contributed by atoms with Crippen molar-refractivity contribution in [2.24, 2.45) is 0 Å². The molecule has 90 valence electrons. The molecule has 0 fully saturated rings. The van der Waals surface area contributed by atoms with Gasteiger partial charge in [0, 0.05) is 26.2 Å². The summed E-state index contributed by atoms with van der Waals surface area (Å²) in [7, 11) is 0. The second-order valence-corrected chi connectivity index (χ2v) is 6.27. The van der Waals surface area contributed by atoms with Gasteiger partial charge >= 0.3 is 0 Å². The van der Waals surface area contributed by atoms with Gasteiger partial charge in [0.25, 0.3) is 0 Å². The van der Waals surface area contributed by atoms with Crippen LogP contribution in [0.3, 0.4) is 0 Å². The first-order valence-corrected chi connectivity index (χ1v) is 7.34. The molecule has 0 aliphatic heterocycles. The third-order valence-corrected chi connectivity index (χ3v) is 4.37. The highest BCUT2D eigenvalue weighted by molar-refractivity contribution is 9.10. The van der Waals surface area contributed by atoms with Gasteiger partial charge in [0.1, 0.15) is 0 Å². The van der Waals surface area contributed by atoms with Crippen molar-refractivity contribution in [2.45, 2.75) is 18.9 Å². The van der Waals surface area contributed by atoms with Crippen molar-refractivity contribution in [1.29, 1.82) is 0 Å². The highest BCUT2D eigenvalue weighted by Crippen LogP contribution is 2.22. The van der Waals surface area contributed by atoms with Gasteiger partial charge in [-0.25, -0.2) is 0 Å². The van der Waals surface area contributed by atoms with E-state index in [0.29, 0.717) is 17.9 Å². The predicted octanol–water partition coefficient (Wildman–Crippen LogP) is 4.31. The van der Waals surface area contributed by atoms with Crippen LogP contribution >= 0.6 is 38.9 Å². The van der Waals surface area contributed by atoms with Crippen molar-refractivity contribution < 1.29 is 5.11 Å². The molecule has 0 radical (unpaired) electrons. The lowest BCUT2D eigenvalue weighted by Gasteiger charge is -2.09. The Labute approximate surface area is 118 Å². The van der Waals surface area contributed by atoms with E-state index in [9.17, 15) is 5.11 Å². The number of aliphatic hydroxyl groups is 1. The number of aliphatic hydroxyl groups excluding tert-OH is 1. The SMILES string of the molecule is OC(Cc1cccc(Cl)c1)Cc1cc(Br)cs1. The van der Waals surface area contributed by atoms with Gasteiger partial charge in [0.05, 0.1) is 6.10 Å². The minimum Gasteiger partial charge on any atom is -0.392 e. The van der Waals surface area contributed by atoms with Crippen molar-refractivity contribution in [2.75, 3.05) is 0 Å². The molecular formula is C13H12BrClOS. The molecule has 1 unspecified atom stereocenters. The summed E-state index contributed by atoms with van der Waals surface area (Å²) in [5.74, 6) is 0. The number of benzene rings is 1. The zero-order valence-electron chi connectivity index (χ0n) is 9.07. The summed E-state index contributed by atoms with van der Waals surface area (Å²) >= 11 is 11.0. The number of halogens is 2. The van der Waals surface area contributed by atoms with E-state index in [1.165, 1.54) is 4.88 Å². The van der Waals surface area contributed by atoms with Gasteiger partial charge in [-0.2, -0.15) is 0 Å². The number of rotatable bonds is 4. The predicted molar refractivity (Wildman–Crippen MR) is 76.9 cm³/mol. The summed E-state index contributed by atoms with van der Waals surface area (Å²) in [6.45, 7) is 0. The molecule has 0 aliphatic carbocycles. The summed E-state index contributed by atoms with van der Waals surface area (Å²) in [4.78, 5) is 1.19. The molecule has 2 rings (SSSR count). The topological polar surface area (TPSA) is 20.2 Å². The van der Waals surface area contributed by atoms with Gasteiger partial charge in [0.15, 0.2) is 0 Å². The first-order chi connectivity index (χ1) is 8.13. The molecule has 2 aromatic rings. The van der Waals surface area contributed by atoms with Gasteiger partial charge in [-0.1, -0.05) is 23.7 Å². The van der Waals surface area contributed by atoms with Crippen molar-refractivity contribution in [3.8, 4) is 0 Å². The second-order valence-electron chi connectivity index (χ2n) is 3.92. The van der Waals surface area contributed by atoms with Crippen LogP contribution in [-0.4, -0.2) is 11.2 Å². The molecule has 0 spiro atoms. The highest BCUT2D eigenvalue weighted by atomic mass is 79.9. The molecule has 1 heterocycles. The molecule has 1 aromatic carbocycles. The van der Waals surface area contributed by atoms with Gasteiger partial charge in [0.2, 0.25) is 0 Å². The van der Waals surface area contributed by atoms with E-state index in [0.717, 1.165) is 10.0 Å². The van der Waals surface area contributed by atoms with Gasteiger partial charge in [-0.15, -0.1) is 11.3 Å². The maximum absolute atomic E-state index is 10.0. The van der Waals surface area contributed by atoms with Crippen LogP contribution < -0.4 is 0 Å². The fourth-order valence-corrected chi connectivity index (χ4v) is 3.44. The summed E-state index contributed by atoms with van der Waals surface area (Å²) in [6.07, 6.45) is 0.956. The van der Waals surface area contributed by atoms with Crippen LogP contribution in [0.4, 0.5) is 0 Å². The van der Waals surface area contributed by atoms with Crippen LogP contribution in [-0.2, 0) is 12.8 Å². The third-order valence-electron chi connectivity index (χ3n) is 2.42. The van der Waals surface area contributed by atoms with Crippen LogP contribution in [0.25, 0.3) is 0 Å². The van der Waals surface area contributed by atoms with Crippen LogP contribution in [0.5, 0.6) is 0 Å². The van der Waals surface area contributed by atoms with E-state index in [1.807, 2.05) is 35.7 Å². The minimum absolute atomic E-state index is 0.362. The molecule has 0 saturated heterocycles. The molecule has 0 aliphatic rings. The second kappa shape index (κ2) is 6.01. The van der Waals surface area contributed by atoms with Gasteiger partial charge < -0.3 is 5.11 Å². The van der Waals surface area contributed by atoms with E-state index in [2.05, 4.69) is 15.9 Å². The molecular weight excluding hydrogens is 320 g/mol. The molecule has 0 saturated carbocycles. The van der Waals surface area contributed by atoms with E-state index in [1.54, 1.807) is 11.3 Å². The van der Waals surface area contributed by atoms with Crippen LogP contribution in [0.2, 0.25) is 5.02 Å². The van der Waals surface area contributed by atoms with Crippen molar-refractivity contribution in [1.82, 2.24) is 0 Å². The molecule has 4 heteroatoms. The molecule has 17 heavy (non-hydrogen) atoms. The van der Waals surface area contributed by atoms with Crippen LogP contribution in [0.1, 0.15) is 10.4 Å². The van der Waals surface area contributed by atoms with Gasteiger partial charge in [-0.3, -0.25) is 0 Å². The lowest BCUT2D eigenvalue weighted by atomic mass is 10.1. The minimum atomic E-state index is -0.362. The summed E-state index contributed by atoms with van der Waals surface area (Å²) in [6, 6.07) is 9.68. The Bertz CT molecular complexity index is 498. The number of hydrogen-bond donors (Lipinski definition) is 1. The highest BCUT2D eigenvalue weighted by Gasteiger charge is 2.08. The molecule has 1 aromatic heterocycles. The lowest BCUT2D eigenvalue weighted by molar-refractivity contribution is 0.176. The first kappa shape index (κ1) is 13.1. The zero-order valence-corrected chi connectivity index (χ0v) is 12.2. The lowest BCUT2D eigenvalue weighted by Crippen LogP contribution is -2.13. The normalized spacial score (nSPS) is 12.6. The Kier molecular flexibility index (Phi) is 4.62. The third kappa shape index (κ3) is 4.11. The largest absolute Gasteiger partial charge is 0.392 e. The Morgan fingerprint density at radius 3 is 2.76 bits per heavy atom. The summed E-state index contributed by atoms with van der Waals surface area (Å²) in [5.41, 5.74) is 1.07. The van der Waals surface area contributed by atoms with Crippen molar-refractivity contribution in [3.63, 3.8) is 0 Å². The average Bonchev–Trinajstić information content (AvgIpc) is 2.63. The summed E-state index contributed by atoms with van der Waals surface area (Å²) in [5, 5.41) is 12.7. The number of hydrogen-bond acceptors (Lipinski definition) is 2. The molecule has 0 bridgehead atoms. The maximum atomic E-state index is 10.0. The zero-order chi connectivity index (χ0) is 12.3. The Hall–Kier alpha value is -0.350. The number of thiophene rings is 1. The van der Waals surface area contributed by atoms with Crippen LogP contribution in [0, 0.1) is 0 Å². The smallest absolute Gasteiger partial charge is 0.0628 e.